The molecule has 4 N–H and O–H groups in total. The zero-order valence-electron chi connectivity index (χ0n) is 22.5. The second-order valence-corrected chi connectivity index (χ2v) is 11.3. The number of nitrogens with zero attached hydrogens (tertiary/aromatic N) is 1. The van der Waals surface area contributed by atoms with E-state index in [4.69, 9.17) is 8.42 Å². The van der Waals surface area contributed by atoms with Crippen LogP contribution in [-0.4, -0.2) is 77.3 Å². The third-order valence-electron chi connectivity index (χ3n) is 4.77. The van der Waals surface area contributed by atoms with E-state index in [9.17, 15) is 37.3 Å². The first-order chi connectivity index (χ1) is 16.1. The largest absolute Gasteiger partial charge is 1.00 e. The molecule has 0 saturated carbocycles. The van der Waals surface area contributed by atoms with Crippen molar-refractivity contribution in [2.75, 3.05) is 0 Å². The maximum atomic E-state index is 12.6. The van der Waals surface area contributed by atoms with Crippen molar-refractivity contribution in [2.45, 2.75) is 48.2 Å². The number of β-lactam (4-membered cyclic amide) rings is 1. The summed E-state index contributed by atoms with van der Waals surface area (Å²) in [5.74, 6) is -2.92. The third kappa shape index (κ3) is 10.2. The monoisotopic (exact) mass is 617 g/mol. The number of hydrogen-bond donors (Lipinski definition) is 5. The van der Waals surface area contributed by atoms with E-state index >= 15 is 0 Å². The number of carboxylic acids is 1. The van der Waals surface area contributed by atoms with Gasteiger partial charge in [-0.3, -0.25) is 18.9 Å². The van der Waals surface area contributed by atoms with Gasteiger partial charge in [0.1, 0.15) is 17.5 Å². The van der Waals surface area contributed by atoms with E-state index in [1.165, 1.54) is 47.9 Å². The van der Waals surface area contributed by atoms with Crippen LogP contribution in [0.15, 0.2) is 30.3 Å². The second kappa shape index (κ2) is 16.6. The average Bonchev–Trinajstić information content (AvgIpc) is 3.01. The fourth-order valence-electron chi connectivity index (χ4n) is 3.46. The van der Waals surface area contributed by atoms with Crippen LogP contribution in [0.4, 0.5) is 0 Å². The molecule has 2 aliphatic heterocycles. The molecular formula is C18H25N3Na2O10S4. The van der Waals surface area contributed by atoms with Gasteiger partial charge in [0.15, 0.2) is 5.25 Å². The molecule has 0 bridgehead atoms. The quantitative estimate of drug-likeness (QED) is 0.0910. The van der Waals surface area contributed by atoms with E-state index in [1.54, 1.807) is 19.9 Å². The molecule has 198 valence electrons. The molecule has 37 heavy (non-hydrogen) atoms. The van der Waals surface area contributed by atoms with Gasteiger partial charge in [-0.05, 0) is 19.4 Å². The Morgan fingerprint density at radius 1 is 1.19 bits per heavy atom. The van der Waals surface area contributed by atoms with Gasteiger partial charge in [0, 0.05) is 11.7 Å². The maximum Gasteiger partial charge on any atom is 1.00 e. The van der Waals surface area contributed by atoms with Gasteiger partial charge in [-0.25, -0.2) is 4.79 Å². The van der Waals surface area contributed by atoms with E-state index in [0.717, 1.165) is 0 Å². The molecule has 0 spiro atoms. The van der Waals surface area contributed by atoms with Crippen LogP contribution in [0.2, 0.25) is 0 Å². The van der Waals surface area contributed by atoms with Gasteiger partial charge in [0.05, 0.1) is 0 Å². The Hall–Kier alpha value is -0.470. The summed E-state index contributed by atoms with van der Waals surface area (Å²) in [6, 6.07) is 5.31. The molecule has 1 aromatic carbocycles. The number of hydrogen-bond acceptors (Lipinski definition) is 10. The molecule has 2 heterocycles. The Bertz CT molecular complexity index is 1130. The molecule has 3 rings (SSSR count). The second-order valence-electron chi connectivity index (χ2n) is 7.63. The number of carbonyl (C=O) groups is 4. The number of nitrogens with one attached hydrogen (secondary N) is 2. The van der Waals surface area contributed by atoms with E-state index in [0.29, 0.717) is 0 Å². The summed E-state index contributed by atoms with van der Waals surface area (Å²) in [5.41, 5.74) is 0.0592. The Morgan fingerprint density at radius 2 is 1.65 bits per heavy atom. The molecule has 0 radical (unpaired) electrons. The van der Waals surface area contributed by atoms with E-state index in [2.05, 4.69) is 22.9 Å². The maximum absolute atomic E-state index is 12.6. The van der Waals surface area contributed by atoms with Crippen molar-refractivity contribution >= 4 is 70.0 Å². The molecule has 0 unspecified atom stereocenters. The summed E-state index contributed by atoms with van der Waals surface area (Å²) in [5, 5.41) is 9.26. The van der Waals surface area contributed by atoms with Gasteiger partial charge >= 0.3 is 76.7 Å². The summed E-state index contributed by atoms with van der Waals surface area (Å²) < 4.78 is 50.8. The molecule has 2 fully saturated rings. The fourth-order valence-corrected chi connectivity index (χ4v) is 5.93. The number of benzene rings is 1. The summed E-state index contributed by atoms with van der Waals surface area (Å²) in [4.78, 5) is 47.3. The zero-order valence-corrected chi connectivity index (χ0v) is 27.8. The van der Waals surface area contributed by atoms with Crippen LogP contribution in [0.5, 0.6) is 0 Å². The Balaban J connectivity index is -0.000000453. The summed E-state index contributed by atoms with van der Waals surface area (Å²) in [6.45, 7) is 4.77. The average molecular weight is 618 g/mol. The van der Waals surface area contributed by atoms with Crippen molar-refractivity contribution < 1.29 is 108 Å². The SMILES string of the molecule is CC(=O)NS.CC1(C)S[C@@H]2[C@H](NC(=O)[C@@H](c3ccccc3)S(=O)(=O)O)C(=O)N2[C@H]1C(=O)O.O=S=O.[H-].[H-].[Na+].[Na+]. The first-order valence-electron chi connectivity index (χ1n) is 9.50. The normalized spacial score (nSPS) is 21.3. The smallest absolute Gasteiger partial charge is 1.00 e. The van der Waals surface area contributed by atoms with Crippen LogP contribution in [0.1, 0.15) is 34.4 Å². The van der Waals surface area contributed by atoms with Crippen LogP contribution in [-0.2, 0) is 40.9 Å². The van der Waals surface area contributed by atoms with Crippen molar-refractivity contribution in [3.63, 3.8) is 0 Å². The molecule has 13 nitrogen and oxygen atoms in total. The molecule has 3 amide bonds. The first-order valence-corrected chi connectivity index (χ1v) is 13.0. The third-order valence-corrected chi connectivity index (χ3v) is 7.74. The van der Waals surface area contributed by atoms with Gasteiger partial charge in [0.2, 0.25) is 17.7 Å². The molecule has 1 aromatic rings. The molecule has 2 aliphatic rings. The van der Waals surface area contributed by atoms with E-state index in [-0.39, 0.29) is 73.4 Å². The van der Waals surface area contributed by atoms with Crippen LogP contribution in [0.3, 0.4) is 0 Å². The summed E-state index contributed by atoms with van der Waals surface area (Å²) in [7, 11) is -4.77. The number of carbonyl (C=O) groups excluding carboxylic acids is 3. The topological polar surface area (TPSA) is 204 Å². The van der Waals surface area contributed by atoms with Crippen molar-refractivity contribution in [3.8, 4) is 0 Å². The van der Waals surface area contributed by atoms with Gasteiger partial charge < -0.3 is 22.9 Å². The standard InChI is InChI=1S/C16H18N2O7S2.C2H5NOS.2Na.O2S.2H/c1-16(2)11(15(21)22)18-13(20)9(14(18)26-16)17-12(19)10(27(23,24)25)8-6-4-3-5-7-8;1-2(4)3-5;;;1-3-2;;/h3-7,9-11,14H,1-2H3,(H,17,19)(H,21,22)(H,23,24,25);5H,1H3,(H,3,4);;;;;/q;;2*+1;;2*-1/t9-,10-,11+,14-;;;;;;/m1....../s1. The number of carboxylic acid groups (broad SMARTS) is 1. The van der Waals surface area contributed by atoms with Crippen LogP contribution < -0.4 is 69.2 Å². The minimum Gasteiger partial charge on any atom is -1.00 e. The minimum absolute atomic E-state index is 0. The van der Waals surface area contributed by atoms with E-state index in [1.807, 2.05) is 0 Å². The molecule has 0 aromatic heterocycles. The number of thiol groups is 1. The van der Waals surface area contributed by atoms with Gasteiger partial charge in [-0.1, -0.05) is 43.1 Å². The fraction of sp³-hybridized carbons (Fsp3) is 0.444. The van der Waals surface area contributed by atoms with Gasteiger partial charge in [-0.15, -0.1) is 11.8 Å². The number of aliphatic carboxylic acids is 1. The van der Waals surface area contributed by atoms with Crippen LogP contribution in [0, 0.1) is 0 Å². The van der Waals surface area contributed by atoms with Crippen molar-refractivity contribution in [1.82, 2.24) is 14.9 Å². The minimum atomic E-state index is -4.77. The number of amides is 3. The summed E-state index contributed by atoms with van der Waals surface area (Å²) in [6.07, 6.45) is 0. The Morgan fingerprint density at radius 3 is 2.03 bits per heavy atom. The Kier molecular flexibility index (Phi) is 17.3. The molecule has 19 heteroatoms. The van der Waals surface area contributed by atoms with Crippen molar-refractivity contribution in [2.24, 2.45) is 0 Å². The van der Waals surface area contributed by atoms with E-state index < -0.39 is 66.9 Å². The van der Waals surface area contributed by atoms with Crippen LogP contribution in [0.25, 0.3) is 0 Å². The van der Waals surface area contributed by atoms with Crippen molar-refractivity contribution in [3.05, 3.63) is 35.9 Å². The molecule has 4 atom stereocenters. The van der Waals surface area contributed by atoms with Crippen molar-refractivity contribution in [1.29, 1.82) is 0 Å². The number of fused-ring (bicyclic) bond motifs is 1. The molecule has 2 saturated heterocycles. The predicted octanol–water partition coefficient (Wildman–Crippen LogP) is -6.22. The molecular weight excluding hydrogens is 592 g/mol. The van der Waals surface area contributed by atoms with Crippen LogP contribution >= 0.6 is 24.6 Å². The Labute approximate surface area is 274 Å². The zero-order chi connectivity index (χ0) is 27.1. The number of thioether (sulfide) groups is 1. The number of rotatable bonds is 5. The first kappa shape index (κ1) is 38.7. The summed E-state index contributed by atoms with van der Waals surface area (Å²) >= 11 is 3.89. The molecule has 0 aliphatic carbocycles. The van der Waals surface area contributed by atoms with Gasteiger partial charge in [0.25, 0.3) is 10.1 Å². The van der Waals surface area contributed by atoms with Gasteiger partial charge in [-0.2, -0.15) is 16.8 Å². The predicted molar refractivity (Wildman–Crippen MR) is 130 cm³/mol.